The Morgan fingerprint density at radius 2 is 1.70 bits per heavy atom. The molecule has 1 heterocycles. The molecule has 4 atom stereocenters. The van der Waals surface area contributed by atoms with Crippen LogP contribution in [0.3, 0.4) is 0 Å². The number of carbonyl (C=O) groups excluding carboxylic acids is 4. The van der Waals surface area contributed by atoms with E-state index in [2.05, 4.69) is 0 Å². The van der Waals surface area contributed by atoms with Gasteiger partial charge in [0.05, 0.1) is 17.5 Å². The Hall–Kier alpha value is -5.31. The zero-order valence-electron chi connectivity index (χ0n) is 22.9. The Labute approximate surface area is 245 Å². The number of imide groups is 1. The molecule has 3 aliphatic carbocycles. The normalized spacial score (nSPS) is 24.9. The number of carboxylic acid groups (broad SMARTS) is 1. The zero-order chi connectivity index (χ0) is 30.3. The predicted octanol–water partition coefficient (Wildman–Crippen LogP) is 4.58. The molecule has 0 spiro atoms. The Morgan fingerprint density at radius 1 is 0.930 bits per heavy atom. The number of phenols is 2. The van der Waals surface area contributed by atoms with Crippen LogP contribution in [0.4, 0.5) is 5.69 Å². The molecule has 43 heavy (non-hydrogen) atoms. The minimum atomic E-state index is -1.35. The predicted molar refractivity (Wildman–Crippen MR) is 154 cm³/mol. The third-order valence-corrected chi connectivity index (χ3v) is 9.27. The molecule has 2 amide bonds. The van der Waals surface area contributed by atoms with Crippen LogP contribution in [-0.4, -0.2) is 44.7 Å². The second-order valence-electron chi connectivity index (χ2n) is 11.5. The van der Waals surface area contributed by atoms with Crippen LogP contribution in [-0.2, 0) is 19.2 Å². The van der Waals surface area contributed by atoms with E-state index in [-0.39, 0.29) is 58.1 Å². The molecular weight excluding hydrogens is 550 g/mol. The summed E-state index contributed by atoms with van der Waals surface area (Å²) in [6, 6.07) is 14.4. The molecule has 3 aromatic rings. The van der Waals surface area contributed by atoms with E-state index in [1.165, 1.54) is 12.1 Å². The molecule has 1 aliphatic heterocycles. The number of Topliss-reactive ketones (excluding diaryl/α,β-unsaturated/α-hetero) is 1. The Morgan fingerprint density at radius 3 is 2.44 bits per heavy atom. The SMILES string of the molecule is CC1=CC(=O)C2=C(C[C@@H]3C(=CC[C@@H]4C(=O)N(c5ccc(C(=O)O)c(O)c5)C(=O)[C@@H]43)[C@@H]2c2ccc3ccccc3c2O)C1=O. The average molecular weight is 576 g/mol. The molecule has 1 fully saturated rings. The van der Waals surface area contributed by atoms with E-state index in [0.29, 0.717) is 16.5 Å². The van der Waals surface area contributed by atoms with Crippen molar-refractivity contribution in [2.45, 2.75) is 25.7 Å². The molecule has 9 nitrogen and oxygen atoms in total. The number of hydrogen-bond donors (Lipinski definition) is 3. The number of benzene rings is 3. The maximum atomic E-state index is 14.0. The van der Waals surface area contributed by atoms with Gasteiger partial charge in [0.1, 0.15) is 17.1 Å². The Kier molecular flexibility index (Phi) is 5.78. The molecule has 3 aromatic carbocycles. The number of allylic oxidation sites excluding steroid dienone is 6. The highest BCUT2D eigenvalue weighted by molar-refractivity contribution is 6.25. The second-order valence-corrected chi connectivity index (χ2v) is 11.5. The smallest absolute Gasteiger partial charge is 0.339 e. The standard InChI is InChI=1S/C34H25NO8/c1-15-12-26(37)29-24(30(15)38)14-23-19(27(29)21-8-6-16-4-2-3-5-18(16)31(21)39)10-11-22-28(23)33(41)35(32(22)40)17-7-9-20(34(42)43)25(36)13-17/h2-10,12-13,22-23,27-28,36,39H,11,14H2,1H3,(H,42,43)/t22-,23+,27+,28-/m0/s1. The lowest BCUT2D eigenvalue weighted by atomic mass is 9.59. The van der Waals surface area contributed by atoms with Crippen molar-refractivity contribution < 1.29 is 39.3 Å². The van der Waals surface area contributed by atoms with Crippen LogP contribution in [0.15, 0.2) is 89.0 Å². The molecule has 0 unspecified atom stereocenters. The van der Waals surface area contributed by atoms with Gasteiger partial charge in [-0.2, -0.15) is 0 Å². The van der Waals surface area contributed by atoms with Crippen molar-refractivity contribution in [1.82, 2.24) is 0 Å². The summed E-state index contributed by atoms with van der Waals surface area (Å²) in [5.74, 6) is -6.60. The highest BCUT2D eigenvalue weighted by Crippen LogP contribution is 2.56. The van der Waals surface area contributed by atoms with Gasteiger partial charge in [-0.3, -0.25) is 19.2 Å². The Balaban J connectivity index is 1.37. The van der Waals surface area contributed by atoms with Gasteiger partial charge in [0.2, 0.25) is 11.8 Å². The molecule has 0 aromatic heterocycles. The lowest BCUT2D eigenvalue weighted by Gasteiger charge is -2.42. The first-order chi connectivity index (χ1) is 20.6. The van der Waals surface area contributed by atoms with E-state index in [4.69, 9.17) is 0 Å². The maximum absolute atomic E-state index is 14.0. The number of fused-ring (bicyclic) bond motifs is 4. The number of carbonyl (C=O) groups is 5. The third kappa shape index (κ3) is 3.74. The summed E-state index contributed by atoms with van der Waals surface area (Å²) in [5, 5.41) is 32.4. The molecule has 4 aliphatic rings. The number of phenolic OH excluding ortho intramolecular Hbond substituents is 1. The topological polar surface area (TPSA) is 149 Å². The van der Waals surface area contributed by atoms with E-state index < -0.39 is 47.2 Å². The van der Waals surface area contributed by atoms with Crippen LogP contribution < -0.4 is 4.90 Å². The number of amides is 2. The lowest BCUT2D eigenvalue weighted by molar-refractivity contribution is -0.123. The van der Waals surface area contributed by atoms with Crippen molar-refractivity contribution in [3.05, 3.63) is 100 Å². The van der Waals surface area contributed by atoms with Gasteiger partial charge in [0.25, 0.3) is 0 Å². The molecule has 9 heteroatoms. The molecule has 3 N–H and O–H groups in total. The molecule has 0 radical (unpaired) electrons. The summed E-state index contributed by atoms with van der Waals surface area (Å²) in [4.78, 5) is 67.1. The van der Waals surface area contributed by atoms with Gasteiger partial charge in [-0.05, 0) is 49.3 Å². The maximum Gasteiger partial charge on any atom is 0.339 e. The summed E-state index contributed by atoms with van der Waals surface area (Å²) in [7, 11) is 0. The van der Waals surface area contributed by atoms with Crippen LogP contribution in [0.2, 0.25) is 0 Å². The van der Waals surface area contributed by atoms with E-state index in [1.807, 2.05) is 24.3 Å². The first kappa shape index (κ1) is 26.6. The Bertz CT molecular complexity index is 1950. The van der Waals surface area contributed by atoms with Gasteiger partial charge >= 0.3 is 5.97 Å². The number of anilines is 1. The molecule has 0 bridgehead atoms. The fraction of sp³-hybridized carbons (Fsp3) is 0.206. The van der Waals surface area contributed by atoms with Crippen molar-refractivity contribution in [2.24, 2.45) is 17.8 Å². The van der Waals surface area contributed by atoms with E-state index in [9.17, 15) is 39.3 Å². The van der Waals surface area contributed by atoms with Crippen LogP contribution in [0, 0.1) is 17.8 Å². The fourth-order valence-electron chi connectivity index (χ4n) is 7.34. The summed E-state index contributed by atoms with van der Waals surface area (Å²) in [6.07, 6.45) is 3.45. The average Bonchev–Trinajstić information content (AvgIpc) is 3.24. The van der Waals surface area contributed by atoms with Crippen LogP contribution in [0.25, 0.3) is 10.8 Å². The highest BCUT2D eigenvalue weighted by Gasteiger charge is 2.57. The first-order valence-electron chi connectivity index (χ1n) is 13.9. The van der Waals surface area contributed by atoms with E-state index >= 15 is 0 Å². The molecule has 214 valence electrons. The number of aromatic carboxylic acids is 1. The van der Waals surface area contributed by atoms with Crippen molar-refractivity contribution in [2.75, 3.05) is 4.90 Å². The second kappa shape index (κ2) is 9.35. The minimum absolute atomic E-state index is 0.0189. The minimum Gasteiger partial charge on any atom is -0.507 e. The van der Waals surface area contributed by atoms with Crippen molar-refractivity contribution in [3.8, 4) is 11.5 Å². The first-order valence-corrected chi connectivity index (χ1v) is 13.9. The summed E-state index contributed by atoms with van der Waals surface area (Å²) >= 11 is 0. The monoisotopic (exact) mass is 575 g/mol. The number of rotatable bonds is 3. The van der Waals surface area contributed by atoms with Crippen molar-refractivity contribution >= 4 is 45.8 Å². The van der Waals surface area contributed by atoms with Gasteiger partial charge in [-0.1, -0.05) is 48.0 Å². The molecular formula is C34H25NO8. The number of nitrogens with zero attached hydrogens (tertiary/aromatic N) is 1. The number of aromatic hydroxyl groups is 2. The van der Waals surface area contributed by atoms with E-state index in [0.717, 1.165) is 22.4 Å². The van der Waals surface area contributed by atoms with Crippen molar-refractivity contribution in [1.29, 1.82) is 0 Å². The van der Waals surface area contributed by atoms with Gasteiger partial charge in [0, 0.05) is 39.7 Å². The molecule has 7 rings (SSSR count). The van der Waals surface area contributed by atoms with Crippen LogP contribution >= 0.6 is 0 Å². The fourth-order valence-corrected chi connectivity index (χ4v) is 7.34. The van der Waals surface area contributed by atoms with Gasteiger partial charge in [-0.25, -0.2) is 9.69 Å². The summed E-state index contributed by atoms with van der Waals surface area (Å²) in [6.45, 7) is 1.57. The van der Waals surface area contributed by atoms with Crippen LogP contribution in [0.1, 0.15) is 41.6 Å². The molecule has 0 saturated carbocycles. The summed E-state index contributed by atoms with van der Waals surface area (Å²) in [5.41, 5.74) is 1.68. The van der Waals surface area contributed by atoms with E-state index in [1.54, 1.807) is 25.1 Å². The van der Waals surface area contributed by atoms with Gasteiger partial charge < -0.3 is 15.3 Å². The number of carboxylic acids is 1. The third-order valence-electron chi connectivity index (χ3n) is 9.27. The zero-order valence-corrected chi connectivity index (χ0v) is 22.9. The largest absolute Gasteiger partial charge is 0.507 e. The number of hydrogen-bond acceptors (Lipinski definition) is 7. The van der Waals surface area contributed by atoms with Crippen molar-refractivity contribution in [3.63, 3.8) is 0 Å². The quantitative estimate of drug-likeness (QED) is 0.233. The van der Waals surface area contributed by atoms with Gasteiger partial charge in [-0.15, -0.1) is 0 Å². The molecule has 1 saturated heterocycles. The van der Waals surface area contributed by atoms with Crippen LogP contribution in [0.5, 0.6) is 11.5 Å². The summed E-state index contributed by atoms with van der Waals surface area (Å²) < 4.78 is 0. The highest BCUT2D eigenvalue weighted by atomic mass is 16.4. The lowest BCUT2D eigenvalue weighted by Crippen LogP contribution is -2.39. The van der Waals surface area contributed by atoms with Gasteiger partial charge in [0.15, 0.2) is 11.6 Å². The number of ketones is 2.